The van der Waals surface area contributed by atoms with Crippen LogP contribution in [0.15, 0.2) is 0 Å². The van der Waals surface area contributed by atoms with Crippen molar-refractivity contribution in [2.24, 2.45) is 0 Å². The Morgan fingerprint density at radius 2 is 1.83 bits per heavy atom. The predicted octanol–water partition coefficient (Wildman–Crippen LogP) is 1.64. The van der Waals surface area contributed by atoms with Crippen LogP contribution in [-0.2, 0) is 0 Å². The Balaban J connectivity index is 2.51. The Morgan fingerprint density at radius 1 is 1.25 bits per heavy atom. The molecule has 1 aliphatic heterocycles. The van der Waals surface area contributed by atoms with E-state index in [9.17, 15) is 0 Å². The van der Waals surface area contributed by atoms with Crippen LogP contribution in [0.25, 0.3) is 0 Å². The van der Waals surface area contributed by atoms with E-state index in [-0.39, 0.29) is 0 Å². The average Bonchev–Trinajstić information content (AvgIpc) is 1.92. The molecular formula is C9H20N2S. The molecule has 0 spiro atoms. The van der Waals surface area contributed by atoms with E-state index < -0.39 is 0 Å². The minimum absolute atomic E-state index is 0.309. The number of nitrogens with zero attached hydrogens (tertiary/aromatic N) is 2. The molecular weight excluding hydrogens is 168 g/mol. The van der Waals surface area contributed by atoms with Gasteiger partial charge in [0.15, 0.2) is 0 Å². The Labute approximate surface area is 81.5 Å². The second-order valence-corrected chi connectivity index (χ2v) is 5.14. The van der Waals surface area contributed by atoms with Gasteiger partial charge in [-0.2, -0.15) is 0 Å². The largest absolute Gasteiger partial charge is 0.296 e. The molecule has 0 unspecified atom stereocenters. The summed E-state index contributed by atoms with van der Waals surface area (Å²) in [5.41, 5.74) is 0.309. The Morgan fingerprint density at radius 3 is 2.25 bits per heavy atom. The third kappa shape index (κ3) is 2.38. The fraction of sp³-hybridized carbons (Fsp3) is 1.00. The molecule has 0 aliphatic carbocycles. The van der Waals surface area contributed by atoms with Crippen LogP contribution in [0.4, 0.5) is 0 Å². The monoisotopic (exact) mass is 188 g/mol. The molecule has 0 aromatic carbocycles. The molecule has 2 nitrogen and oxygen atoms in total. The van der Waals surface area contributed by atoms with Crippen LogP contribution >= 0.6 is 12.8 Å². The Bertz CT molecular complexity index is 153. The third-order valence-corrected chi connectivity index (χ3v) is 3.14. The number of hydrogen-bond donors (Lipinski definition) is 1. The van der Waals surface area contributed by atoms with Crippen molar-refractivity contribution in [2.45, 2.75) is 39.3 Å². The zero-order chi connectivity index (χ0) is 9.35. The normalized spacial score (nSPS) is 29.2. The second kappa shape index (κ2) is 3.56. The van der Waals surface area contributed by atoms with Gasteiger partial charge in [0, 0.05) is 31.2 Å². The van der Waals surface area contributed by atoms with Gasteiger partial charge >= 0.3 is 0 Å². The van der Waals surface area contributed by atoms with Gasteiger partial charge in [-0.15, -0.1) is 0 Å². The Hall–Kier alpha value is 0.270. The van der Waals surface area contributed by atoms with Crippen LogP contribution in [0.5, 0.6) is 0 Å². The van der Waals surface area contributed by atoms with Crippen molar-refractivity contribution < 1.29 is 0 Å². The van der Waals surface area contributed by atoms with Gasteiger partial charge in [-0.1, -0.05) is 12.8 Å². The second-order valence-electron chi connectivity index (χ2n) is 4.63. The zero-order valence-electron chi connectivity index (χ0n) is 8.54. The highest BCUT2D eigenvalue weighted by atomic mass is 32.1. The van der Waals surface area contributed by atoms with Crippen LogP contribution < -0.4 is 0 Å². The maximum Gasteiger partial charge on any atom is 0.0300 e. The van der Waals surface area contributed by atoms with E-state index in [4.69, 9.17) is 0 Å². The summed E-state index contributed by atoms with van der Waals surface area (Å²) in [5.74, 6) is 0. The van der Waals surface area contributed by atoms with Gasteiger partial charge in [-0.25, -0.2) is 4.31 Å². The molecule has 1 heterocycles. The maximum absolute atomic E-state index is 4.40. The minimum Gasteiger partial charge on any atom is -0.296 e. The summed E-state index contributed by atoms with van der Waals surface area (Å²) in [4.78, 5) is 2.52. The molecule has 72 valence electrons. The van der Waals surface area contributed by atoms with E-state index in [2.05, 4.69) is 49.7 Å². The van der Waals surface area contributed by atoms with Crippen molar-refractivity contribution in [1.82, 2.24) is 9.21 Å². The van der Waals surface area contributed by atoms with Crippen molar-refractivity contribution in [3.8, 4) is 0 Å². The summed E-state index contributed by atoms with van der Waals surface area (Å²) < 4.78 is 2.13. The van der Waals surface area contributed by atoms with Crippen molar-refractivity contribution in [2.75, 3.05) is 19.6 Å². The number of hydrogen-bond acceptors (Lipinski definition) is 3. The first-order chi connectivity index (χ1) is 5.41. The molecule has 0 amide bonds. The van der Waals surface area contributed by atoms with E-state index in [0.29, 0.717) is 11.6 Å². The number of thiol groups is 1. The highest BCUT2D eigenvalue weighted by Crippen LogP contribution is 2.19. The molecule has 0 N–H and O–H groups in total. The molecule has 1 saturated heterocycles. The lowest BCUT2D eigenvalue weighted by atomic mass is 10.0. The molecule has 0 aromatic rings. The first kappa shape index (κ1) is 10.4. The summed E-state index contributed by atoms with van der Waals surface area (Å²) in [7, 11) is 0. The summed E-state index contributed by atoms with van der Waals surface area (Å²) in [6, 6.07) is 0.571. The highest BCUT2D eigenvalue weighted by Gasteiger charge is 2.28. The van der Waals surface area contributed by atoms with E-state index >= 15 is 0 Å². The van der Waals surface area contributed by atoms with Crippen LogP contribution in [-0.4, -0.2) is 40.4 Å². The molecule has 0 aromatic heterocycles. The summed E-state index contributed by atoms with van der Waals surface area (Å²) in [5, 5.41) is 0. The lowest BCUT2D eigenvalue weighted by molar-refractivity contribution is 0.0700. The van der Waals surface area contributed by atoms with Gasteiger partial charge in [0.25, 0.3) is 0 Å². The van der Waals surface area contributed by atoms with E-state index in [0.717, 1.165) is 19.6 Å². The number of piperazine rings is 1. The first-order valence-electron chi connectivity index (χ1n) is 4.62. The fourth-order valence-corrected chi connectivity index (χ4v) is 1.72. The maximum atomic E-state index is 4.40. The zero-order valence-corrected chi connectivity index (χ0v) is 9.43. The van der Waals surface area contributed by atoms with Crippen LogP contribution in [0, 0.1) is 0 Å². The lowest BCUT2D eigenvalue weighted by Gasteiger charge is -2.43. The minimum atomic E-state index is 0.309. The van der Waals surface area contributed by atoms with Gasteiger partial charge in [0.2, 0.25) is 0 Å². The molecule has 1 fully saturated rings. The molecule has 0 bridgehead atoms. The molecule has 12 heavy (non-hydrogen) atoms. The molecule has 3 heteroatoms. The highest BCUT2D eigenvalue weighted by molar-refractivity contribution is 7.77. The molecule has 0 radical (unpaired) electrons. The molecule has 1 atom stereocenters. The van der Waals surface area contributed by atoms with Gasteiger partial charge in [-0.3, -0.25) is 4.90 Å². The van der Waals surface area contributed by atoms with E-state index in [1.807, 2.05) is 0 Å². The van der Waals surface area contributed by atoms with Crippen molar-refractivity contribution in [3.05, 3.63) is 0 Å². The quantitative estimate of drug-likeness (QED) is 0.577. The van der Waals surface area contributed by atoms with Gasteiger partial charge in [-0.05, 0) is 27.7 Å². The molecule has 1 aliphatic rings. The van der Waals surface area contributed by atoms with Gasteiger partial charge in [0.1, 0.15) is 0 Å². The standard InChI is InChI=1S/C9H20N2S/c1-8-7-10(9(2,3)4)5-6-11(8)12/h8,12H,5-7H2,1-4H3/t8-/m1/s1. The average molecular weight is 188 g/mol. The smallest absolute Gasteiger partial charge is 0.0300 e. The predicted molar refractivity (Wildman–Crippen MR) is 56.5 cm³/mol. The molecule has 1 rings (SSSR count). The van der Waals surface area contributed by atoms with E-state index in [1.165, 1.54) is 0 Å². The summed E-state index contributed by atoms with van der Waals surface area (Å²) in [6.45, 7) is 12.4. The van der Waals surface area contributed by atoms with Crippen LogP contribution in [0.1, 0.15) is 27.7 Å². The fourth-order valence-electron chi connectivity index (χ4n) is 1.56. The lowest BCUT2D eigenvalue weighted by Crippen LogP contribution is -2.54. The van der Waals surface area contributed by atoms with Crippen LogP contribution in [0.3, 0.4) is 0 Å². The summed E-state index contributed by atoms with van der Waals surface area (Å²) in [6.07, 6.45) is 0. The van der Waals surface area contributed by atoms with Crippen LogP contribution in [0.2, 0.25) is 0 Å². The van der Waals surface area contributed by atoms with Gasteiger partial charge < -0.3 is 0 Å². The first-order valence-corrected chi connectivity index (χ1v) is 5.02. The SMILES string of the molecule is C[C@@H]1CN(C(C)(C)C)CCN1S. The van der Waals surface area contributed by atoms with E-state index in [1.54, 1.807) is 0 Å². The summed E-state index contributed by atoms with van der Waals surface area (Å²) >= 11 is 4.40. The Kier molecular flexibility index (Phi) is 3.07. The number of rotatable bonds is 0. The topological polar surface area (TPSA) is 6.48 Å². The van der Waals surface area contributed by atoms with Crippen molar-refractivity contribution >= 4 is 12.8 Å². The molecule has 0 saturated carbocycles. The van der Waals surface area contributed by atoms with Crippen molar-refractivity contribution in [1.29, 1.82) is 0 Å². The van der Waals surface area contributed by atoms with Gasteiger partial charge in [0.05, 0.1) is 0 Å². The van der Waals surface area contributed by atoms with Crippen molar-refractivity contribution in [3.63, 3.8) is 0 Å². The third-order valence-electron chi connectivity index (χ3n) is 2.54.